The monoisotopic (exact) mass is 223 g/mol. The van der Waals surface area contributed by atoms with Crippen LogP contribution in [0.25, 0.3) is 0 Å². The number of amides is 1. The fourth-order valence-corrected chi connectivity index (χ4v) is 1.50. The van der Waals surface area contributed by atoms with Crippen molar-refractivity contribution < 1.29 is 4.79 Å². The third kappa shape index (κ3) is 3.10. The van der Waals surface area contributed by atoms with Crippen LogP contribution in [-0.4, -0.2) is 5.91 Å². The summed E-state index contributed by atoms with van der Waals surface area (Å²) < 4.78 is 0. The predicted molar refractivity (Wildman–Crippen MR) is 62.8 cm³/mol. The number of nitrogens with one attached hydrogen (secondary N) is 1. The molecule has 3 heteroatoms. The number of hydrogen-bond donors (Lipinski definition) is 1. The summed E-state index contributed by atoms with van der Waals surface area (Å²) >= 11 is 5.89. The lowest BCUT2D eigenvalue weighted by molar-refractivity contribution is -0.118. The molecule has 2 nitrogen and oxygen atoms in total. The molecule has 0 fully saturated rings. The quantitative estimate of drug-likeness (QED) is 0.785. The summed E-state index contributed by atoms with van der Waals surface area (Å²) in [5.41, 5.74) is 0.515. The molecule has 1 N–H and O–H groups in total. The Kier molecular flexibility index (Phi) is 3.53. The fourth-order valence-electron chi connectivity index (χ4n) is 1.31. The maximum Gasteiger partial charge on any atom is 0.244 e. The van der Waals surface area contributed by atoms with E-state index in [0.717, 1.165) is 5.56 Å². The highest BCUT2D eigenvalue weighted by atomic mass is 35.5. The second kappa shape index (κ2) is 4.49. The first-order valence-electron chi connectivity index (χ1n) is 4.66. The molecule has 1 amide bonds. The fraction of sp³-hybridized carbons (Fsp3) is 0.250. The number of carbonyl (C=O) groups excluding carboxylic acids is 1. The van der Waals surface area contributed by atoms with Crippen LogP contribution in [0.15, 0.2) is 36.9 Å². The predicted octanol–water partition coefficient (Wildman–Crippen LogP) is 2.88. The van der Waals surface area contributed by atoms with Crippen LogP contribution in [0, 0.1) is 0 Å². The molecule has 1 rings (SSSR count). The molecule has 0 aliphatic heterocycles. The summed E-state index contributed by atoms with van der Waals surface area (Å²) in [5.74, 6) is -0.194. The zero-order chi connectivity index (χ0) is 11.5. The van der Waals surface area contributed by atoms with Gasteiger partial charge in [0.2, 0.25) is 5.91 Å². The van der Waals surface area contributed by atoms with E-state index in [1.165, 1.54) is 6.08 Å². The van der Waals surface area contributed by atoms with Crippen LogP contribution in [0.4, 0.5) is 0 Å². The topological polar surface area (TPSA) is 29.1 Å². The van der Waals surface area contributed by atoms with Gasteiger partial charge in [-0.3, -0.25) is 4.79 Å². The van der Waals surface area contributed by atoms with Gasteiger partial charge in [0.15, 0.2) is 0 Å². The molecule has 80 valence electrons. The Balaban J connectivity index is 2.94. The van der Waals surface area contributed by atoms with Gasteiger partial charge >= 0.3 is 0 Å². The van der Waals surface area contributed by atoms with Crippen molar-refractivity contribution in [3.05, 3.63) is 47.5 Å². The summed E-state index contributed by atoms with van der Waals surface area (Å²) in [7, 11) is 0. The third-order valence-corrected chi connectivity index (χ3v) is 2.40. The standard InChI is InChI=1S/C12H14ClNO/c1-4-11(15)14-12(2,3)9-6-5-7-10(13)8-9/h4-8H,1H2,2-3H3,(H,14,15). The lowest BCUT2D eigenvalue weighted by Gasteiger charge is -2.26. The van der Waals surface area contributed by atoms with Crippen LogP contribution in [-0.2, 0) is 10.3 Å². The van der Waals surface area contributed by atoms with Crippen molar-refractivity contribution in [2.24, 2.45) is 0 Å². The van der Waals surface area contributed by atoms with Crippen LogP contribution in [0.2, 0.25) is 5.02 Å². The van der Waals surface area contributed by atoms with E-state index < -0.39 is 5.54 Å². The molecular formula is C12H14ClNO. The maximum atomic E-state index is 11.2. The number of carbonyl (C=O) groups is 1. The van der Waals surface area contributed by atoms with Gasteiger partial charge in [0.05, 0.1) is 5.54 Å². The first-order chi connectivity index (χ1) is 6.95. The van der Waals surface area contributed by atoms with E-state index in [-0.39, 0.29) is 5.91 Å². The summed E-state index contributed by atoms with van der Waals surface area (Å²) in [6.45, 7) is 7.25. The Bertz CT molecular complexity index is 385. The average Bonchev–Trinajstić information content (AvgIpc) is 2.17. The van der Waals surface area contributed by atoms with Gasteiger partial charge in [-0.2, -0.15) is 0 Å². The molecule has 0 aliphatic rings. The Morgan fingerprint density at radius 3 is 2.73 bits per heavy atom. The van der Waals surface area contributed by atoms with Crippen molar-refractivity contribution in [2.45, 2.75) is 19.4 Å². The molecule has 1 aromatic rings. The van der Waals surface area contributed by atoms with Gasteiger partial charge in [-0.25, -0.2) is 0 Å². The van der Waals surface area contributed by atoms with E-state index in [4.69, 9.17) is 11.6 Å². The Hall–Kier alpha value is -1.28. The van der Waals surface area contributed by atoms with E-state index in [1.54, 1.807) is 6.07 Å². The van der Waals surface area contributed by atoms with Gasteiger partial charge < -0.3 is 5.32 Å². The Morgan fingerprint density at radius 1 is 1.53 bits per heavy atom. The van der Waals surface area contributed by atoms with Gasteiger partial charge in [-0.15, -0.1) is 0 Å². The van der Waals surface area contributed by atoms with Crippen molar-refractivity contribution in [3.8, 4) is 0 Å². The van der Waals surface area contributed by atoms with Gasteiger partial charge in [0.1, 0.15) is 0 Å². The average molecular weight is 224 g/mol. The van der Waals surface area contributed by atoms with Crippen LogP contribution in [0.3, 0.4) is 0 Å². The summed E-state index contributed by atoms with van der Waals surface area (Å²) in [6, 6.07) is 7.43. The van der Waals surface area contributed by atoms with E-state index in [2.05, 4.69) is 11.9 Å². The van der Waals surface area contributed by atoms with Gasteiger partial charge in [0.25, 0.3) is 0 Å². The SMILES string of the molecule is C=CC(=O)NC(C)(C)c1cccc(Cl)c1. The van der Waals surface area contributed by atoms with Crippen LogP contribution in [0.1, 0.15) is 19.4 Å². The molecule has 0 unspecified atom stereocenters. The lowest BCUT2D eigenvalue weighted by Crippen LogP contribution is -2.39. The first-order valence-corrected chi connectivity index (χ1v) is 5.04. The highest BCUT2D eigenvalue weighted by molar-refractivity contribution is 6.30. The van der Waals surface area contributed by atoms with E-state index >= 15 is 0 Å². The normalized spacial score (nSPS) is 10.9. The van der Waals surface area contributed by atoms with Crippen molar-refractivity contribution >= 4 is 17.5 Å². The first kappa shape index (κ1) is 11.8. The van der Waals surface area contributed by atoms with Crippen molar-refractivity contribution in [1.29, 1.82) is 0 Å². The molecule has 0 aromatic heterocycles. The second-order valence-electron chi connectivity index (χ2n) is 3.83. The van der Waals surface area contributed by atoms with Crippen molar-refractivity contribution in [3.63, 3.8) is 0 Å². The van der Waals surface area contributed by atoms with E-state index in [9.17, 15) is 4.79 Å². The largest absolute Gasteiger partial charge is 0.344 e. The van der Waals surface area contributed by atoms with E-state index in [1.807, 2.05) is 32.0 Å². The van der Waals surface area contributed by atoms with Gasteiger partial charge in [-0.05, 0) is 37.6 Å². The third-order valence-electron chi connectivity index (χ3n) is 2.17. The molecule has 15 heavy (non-hydrogen) atoms. The number of rotatable bonds is 3. The molecule has 0 radical (unpaired) electrons. The number of hydrogen-bond acceptors (Lipinski definition) is 1. The second-order valence-corrected chi connectivity index (χ2v) is 4.27. The Labute approximate surface area is 94.9 Å². The molecule has 0 aliphatic carbocycles. The highest BCUT2D eigenvalue weighted by Crippen LogP contribution is 2.22. The molecular weight excluding hydrogens is 210 g/mol. The minimum Gasteiger partial charge on any atom is -0.344 e. The Morgan fingerprint density at radius 2 is 2.20 bits per heavy atom. The maximum absolute atomic E-state index is 11.2. The van der Waals surface area contributed by atoms with Crippen molar-refractivity contribution in [1.82, 2.24) is 5.32 Å². The van der Waals surface area contributed by atoms with Crippen LogP contribution >= 0.6 is 11.6 Å². The van der Waals surface area contributed by atoms with Gasteiger partial charge in [-0.1, -0.05) is 30.3 Å². The van der Waals surface area contributed by atoms with Gasteiger partial charge in [0, 0.05) is 5.02 Å². The number of halogens is 1. The molecule has 0 saturated carbocycles. The van der Waals surface area contributed by atoms with E-state index in [0.29, 0.717) is 5.02 Å². The molecule has 0 bridgehead atoms. The van der Waals surface area contributed by atoms with Crippen LogP contribution in [0.5, 0.6) is 0 Å². The summed E-state index contributed by atoms with van der Waals surface area (Å²) in [6.07, 6.45) is 1.26. The summed E-state index contributed by atoms with van der Waals surface area (Å²) in [5, 5.41) is 3.49. The number of benzene rings is 1. The lowest BCUT2D eigenvalue weighted by atomic mass is 9.94. The molecule has 0 saturated heterocycles. The molecule has 1 aromatic carbocycles. The highest BCUT2D eigenvalue weighted by Gasteiger charge is 2.21. The summed E-state index contributed by atoms with van der Waals surface area (Å²) in [4.78, 5) is 11.2. The molecule has 0 atom stereocenters. The zero-order valence-electron chi connectivity index (χ0n) is 8.88. The minimum absolute atomic E-state index is 0.194. The zero-order valence-corrected chi connectivity index (χ0v) is 9.64. The molecule has 0 spiro atoms. The molecule has 0 heterocycles. The smallest absolute Gasteiger partial charge is 0.244 e. The minimum atomic E-state index is -0.448. The van der Waals surface area contributed by atoms with Crippen molar-refractivity contribution in [2.75, 3.05) is 0 Å². The van der Waals surface area contributed by atoms with Crippen LogP contribution < -0.4 is 5.32 Å².